The quantitative estimate of drug-likeness (QED) is 0.724. The van der Waals surface area contributed by atoms with Gasteiger partial charge in [0.05, 0.1) is 5.52 Å². The number of aromatic amines is 1. The summed E-state index contributed by atoms with van der Waals surface area (Å²) >= 11 is 7.05. The number of rotatable bonds is 5. The molecule has 2 aromatic heterocycles. The Bertz CT molecular complexity index is 988. The average Bonchev–Trinajstić information content (AvgIpc) is 3.02. The van der Waals surface area contributed by atoms with E-state index in [2.05, 4.69) is 10.3 Å². The van der Waals surface area contributed by atoms with Crippen molar-refractivity contribution >= 4 is 39.1 Å². The highest BCUT2D eigenvalue weighted by Crippen LogP contribution is 2.12. The number of fused-ring (bicyclic) bond motifs is 1. The van der Waals surface area contributed by atoms with Gasteiger partial charge in [0.2, 0.25) is 5.91 Å². The Hall–Kier alpha value is -2.38. The van der Waals surface area contributed by atoms with Gasteiger partial charge in [-0.1, -0.05) is 23.7 Å². The number of benzene rings is 1. The smallest absolute Gasteiger partial charge is 0.329 e. The van der Waals surface area contributed by atoms with Crippen LogP contribution in [-0.2, 0) is 17.8 Å². The molecule has 0 spiro atoms. The molecule has 0 unspecified atom stereocenters. The van der Waals surface area contributed by atoms with Crippen LogP contribution in [0.1, 0.15) is 5.56 Å². The summed E-state index contributed by atoms with van der Waals surface area (Å²) < 4.78 is 1.35. The number of halogens is 1. The molecule has 0 aliphatic rings. The van der Waals surface area contributed by atoms with Gasteiger partial charge >= 0.3 is 5.69 Å². The van der Waals surface area contributed by atoms with Crippen molar-refractivity contribution in [2.45, 2.75) is 13.0 Å². The van der Waals surface area contributed by atoms with E-state index in [1.807, 2.05) is 12.1 Å². The Labute approximate surface area is 145 Å². The molecule has 0 saturated heterocycles. The number of nitrogens with zero attached hydrogens (tertiary/aromatic N) is 1. The Morgan fingerprint density at radius 2 is 1.96 bits per heavy atom. The number of hydrogen-bond acceptors (Lipinski definition) is 4. The van der Waals surface area contributed by atoms with Crippen LogP contribution >= 0.6 is 22.9 Å². The van der Waals surface area contributed by atoms with Crippen molar-refractivity contribution < 1.29 is 4.79 Å². The second-order valence-electron chi connectivity index (χ2n) is 5.21. The summed E-state index contributed by atoms with van der Waals surface area (Å²) in [4.78, 5) is 38.8. The Morgan fingerprint density at radius 1 is 1.21 bits per heavy atom. The summed E-state index contributed by atoms with van der Waals surface area (Å²) in [5.74, 6) is -0.382. The van der Waals surface area contributed by atoms with Crippen molar-refractivity contribution in [2.75, 3.05) is 6.54 Å². The second-order valence-corrected chi connectivity index (χ2v) is 6.56. The molecule has 8 heteroatoms. The molecular formula is C16H14ClN3O3S. The van der Waals surface area contributed by atoms with Crippen molar-refractivity contribution in [1.29, 1.82) is 0 Å². The number of carbonyl (C=O) groups excluding carboxylic acids is 1. The normalized spacial score (nSPS) is 10.9. The van der Waals surface area contributed by atoms with Crippen molar-refractivity contribution in [3.8, 4) is 0 Å². The van der Waals surface area contributed by atoms with Crippen molar-refractivity contribution in [1.82, 2.24) is 14.9 Å². The molecule has 0 aliphatic heterocycles. The lowest BCUT2D eigenvalue weighted by molar-refractivity contribution is -0.121. The van der Waals surface area contributed by atoms with Gasteiger partial charge in [0.25, 0.3) is 5.56 Å². The van der Waals surface area contributed by atoms with Gasteiger partial charge in [-0.25, -0.2) is 9.36 Å². The third-order valence-electron chi connectivity index (χ3n) is 3.54. The van der Waals surface area contributed by atoms with Crippen LogP contribution in [-0.4, -0.2) is 22.0 Å². The molecule has 24 heavy (non-hydrogen) atoms. The van der Waals surface area contributed by atoms with E-state index in [4.69, 9.17) is 11.6 Å². The van der Waals surface area contributed by atoms with Crippen molar-refractivity contribution in [3.05, 3.63) is 67.1 Å². The van der Waals surface area contributed by atoms with Crippen LogP contribution in [0.3, 0.4) is 0 Å². The number of amides is 1. The van der Waals surface area contributed by atoms with Crippen LogP contribution in [0, 0.1) is 0 Å². The number of thiophene rings is 1. The molecule has 0 bridgehead atoms. The first-order valence-electron chi connectivity index (χ1n) is 7.26. The first-order chi connectivity index (χ1) is 11.5. The Balaban J connectivity index is 1.64. The zero-order valence-corrected chi connectivity index (χ0v) is 14.1. The summed E-state index contributed by atoms with van der Waals surface area (Å²) in [5, 5.41) is 5.09. The van der Waals surface area contributed by atoms with Crippen LogP contribution in [0.25, 0.3) is 10.2 Å². The zero-order valence-electron chi connectivity index (χ0n) is 12.5. The van der Waals surface area contributed by atoms with Crippen LogP contribution in [0.5, 0.6) is 0 Å². The Kier molecular flexibility index (Phi) is 4.82. The molecule has 0 fully saturated rings. The summed E-state index contributed by atoms with van der Waals surface area (Å²) in [6.45, 7) is 0.108. The number of hydrogen-bond donors (Lipinski definition) is 2. The third-order valence-corrected chi connectivity index (χ3v) is 4.70. The average molecular weight is 364 g/mol. The first kappa shape index (κ1) is 16.5. The fourth-order valence-electron chi connectivity index (χ4n) is 2.31. The fraction of sp³-hybridized carbons (Fsp3) is 0.188. The minimum absolute atomic E-state index is 0.303. The number of nitrogens with one attached hydrogen (secondary N) is 2. The van der Waals surface area contributed by atoms with Crippen LogP contribution in [0.15, 0.2) is 45.3 Å². The molecule has 6 nitrogen and oxygen atoms in total. The largest absolute Gasteiger partial charge is 0.354 e. The molecule has 0 saturated carbocycles. The van der Waals surface area contributed by atoms with Crippen molar-refractivity contribution in [2.24, 2.45) is 0 Å². The number of H-pyrrole nitrogens is 1. The molecule has 0 aliphatic carbocycles. The minimum atomic E-state index is -0.584. The van der Waals surface area contributed by atoms with Crippen LogP contribution in [0.4, 0.5) is 0 Å². The van der Waals surface area contributed by atoms with E-state index in [9.17, 15) is 14.4 Å². The topological polar surface area (TPSA) is 84.0 Å². The van der Waals surface area contributed by atoms with Crippen LogP contribution < -0.4 is 16.6 Å². The summed E-state index contributed by atoms with van der Waals surface area (Å²) in [6, 6.07) is 9.00. The maximum Gasteiger partial charge on any atom is 0.329 e. The lowest BCUT2D eigenvalue weighted by Crippen LogP contribution is -2.40. The monoisotopic (exact) mass is 363 g/mol. The molecule has 2 heterocycles. The SMILES string of the molecule is O=C(Cn1c(=O)[nH]c2ccsc2c1=O)NCCc1ccc(Cl)cc1. The van der Waals surface area contributed by atoms with Gasteiger partial charge < -0.3 is 10.3 Å². The highest BCUT2D eigenvalue weighted by atomic mass is 35.5. The molecule has 3 rings (SSSR count). The number of aromatic nitrogens is 2. The zero-order chi connectivity index (χ0) is 17.1. The van der Waals surface area contributed by atoms with Gasteiger partial charge in [-0.3, -0.25) is 9.59 Å². The summed E-state index contributed by atoms with van der Waals surface area (Å²) in [6.07, 6.45) is 0.637. The van der Waals surface area contributed by atoms with E-state index >= 15 is 0 Å². The fourth-order valence-corrected chi connectivity index (χ4v) is 3.23. The van der Waals surface area contributed by atoms with Gasteiger partial charge in [0.15, 0.2) is 0 Å². The molecule has 2 N–H and O–H groups in total. The van der Waals surface area contributed by atoms with Crippen LogP contribution in [0.2, 0.25) is 5.02 Å². The predicted octanol–water partition coefficient (Wildman–Crippen LogP) is 1.76. The molecule has 1 amide bonds. The predicted molar refractivity (Wildman–Crippen MR) is 94.9 cm³/mol. The van der Waals surface area contributed by atoms with E-state index in [1.165, 1.54) is 11.3 Å². The lowest BCUT2D eigenvalue weighted by Gasteiger charge is -2.07. The molecule has 0 atom stereocenters. The van der Waals surface area contributed by atoms with Gasteiger partial charge in [-0.05, 0) is 35.6 Å². The minimum Gasteiger partial charge on any atom is -0.354 e. The maximum atomic E-state index is 12.2. The van der Waals surface area contributed by atoms with E-state index in [1.54, 1.807) is 23.6 Å². The van der Waals surface area contributed by atoms with E-state index < -0.39 is 11.2 Å². The standard InChI is InChI=1S/C16H14ClN3O3S/c17-11-3-1-10(2-4-11)5-7-18-13(21)9-20-15(22)14-12(6-8-24-14)19-16(20)23/h1-4,6,8H,5,7,9H2,(H,18,21)(H,19,23). The third kappa shape index (κ3) is 3.58. The molecule has 3 aromatic rings. The molecular weight excluding hydrogens is 350 g/mol. The van der Waals surface area contributed by atoms with E-state index in [0.29, 0.717) is 28.2 Å². The van der Waals surface area contributed by atoms with Crippen molar-refractivity contribution in [3.63, 3.8) is 0 Å². The number of carbonyl (C=O) groups is 1. The summed E-state index contributed by atoms with van der Waals surface area (Å²) in [5.41, 5.74) is 0.500. The van der Waals surface area contributed by atoms with E-state index in [0.717, 1.165) is 10.1 Å². The lowest BCUT2D eigenvalue weighted by atomic mass is 10.1. The first-order valence-corrected chi connectivity index (χ1v) is 8.52. The van der Waals surface area contributed by atoms with Gasteiger partial charge in [0, 0.05) is 11.6 Å². The summed E-state index contributed by atoms with van der Waals surface area (Å²) in [7, 11) is 0. The highest BCUT2D eigenvalue weighted by molar-refractivity contribution is 7.17. The Morgan fingerprint density at radius 3 is 2.71 bits per heavy atom. The molecule has 0 radical (unpaired) electrons. The second kappa shape index (κ2) is 7.02. The van der Waals surface area contributed by atoms with Gasteiger partial charge in [-0.15, -0.1) is 11.3 Å². The van der Waals surface area contributed by atoms with Gasteiger partial charge in [0.1, 0.15) is 11.2 Å². The molecule has 124 valence electrons. The van der Waals surface area contributed by atoms with E-state index in [-0.39, 0.29) is 12.5 Å². The highest BCUT2D eigenvalue weighted by Gasteiger charge is 2.11. The molecule has 1 aromatic carbocycles. The van der Waals surface area contributed by atoms with Gasteiger partial charge in [-0.2, -0.15) is 0 Å². The maximum absolute atomic E-state index is 12.2.